The molecule has 1 fully saturated rings. The molecule has 0 saturated carbocycles. The molecular formula is C18H23N3O2. The van der Waals surface area contributed by atoms with Crippen LogP contribution in [-0.2, 0) is 11.3 Å². The summed E-state index contributed by atoms with van der Waals surface area (Å²) in [6.45, 7) is 3.13. The minimum Gasteiger partial charge on any atom is -0.473 e. The van der Waals surface area contributed by atoms with Crippen LogP contribution in [0.1, 0.15) is 18.4 Å². The highest BCUT2D eigenvalue weighted by molar-refractivity contribution is 5.31. The predicted octanol–water partition coefficient (Wildman–Crippen LogP) is 2.92. The van der Waals surface area contributed by atoms with Gasteiger partial charge in [0.25, 0.3) is 0 Å². The average Bonchev–Trinajstić information content (AvgIpc) is 2.62. The summed E-state index contributed by atoms with van der Waals surface area (Å²) >= 11 is 0. The highest BCUT2D eigenvalue weighted by atomic mass is 16.5. The number of hydrogen-bond acceptors (Lipinski definition) is 5. The fourth-order valence-electron chi connectivity index (χ4n) is 2.75. The van der Waals surface area contributed by atoms with Crippen LogP contribution in [-0.4, -0.2) is 36.8 Å². The molecule has 5 heteroatoms. The first kappa shape index (κ1) is 15.7. The van der Waals surface area contributed by atoms with Crippen molar-refractivity contribution in [2.45, 2.75) is 19.4 Å². The van der Waals surface area contributed by atoms with Crippen LogP contribution in [0.25, 0.3) is 0 Å². The van der Waals surface area contributed by atoms with E-state index in [1.165, 1.54) is 6.42 Å². The lowest BCUT2D eigenvalue weighted by atomic mass is 10.0. The van der Waals surface area contributed by atoms with E-state index in [0.717, 1.165) is 31.7 Å². The number of nitrogens with zero attached hydrogens (tertiary/aromatic N) is 3. The molecule has 5 nitrogen and oxygen atoms in total. The second-order valence-electron chi connectivity index (χ2n) is 5.93. The monoisotopic (exact) mass is 313 g/mol. The Bertz CT molecular complexity index is 600. The molecule has 0 bridgehead atoms. The van der Waals surface area contributed by atoms with Crippen molar-refractivity contribution in [2.75, 3.05) is 31.7 Å². The van der Waals surface area contributed by atoms with Crippen molar-refractivity contribution in [1.29, 1.82) is 0 Å². The summed E-state index contributed by atoms with van der Waals surface area (Å²) in [5, 5.41) is 0. The Hall–Kier alpha value is -2.14. The zero-order chi connectivity index (χ0) is 15.9. The zero-order valence-corrected chi connectivity index (χ0v) is 13.5. The molecule has 1 unspecified atom stereocenters. The van der Waals surface area contributed by atoms with E-state index in [-0.39, 0.29) is 0 Å². The van der Waals surface area contributed by atoms with Crippen molar-refractivity contribution in [3.8, 4) is 5.88 Å². The minimum absolute atomic E-state index is 0.511. The third kappa shape index (κ3) is 4.66. The topological polar surface area (TPSA) is 47.5 Å². The zero-order valence-electron chi connectivity index (χ0n) is 13.5. The summed E-state index contributed by atoms with van der Waals surface area (Å²) in [5.74, 6) is 1.85. The fourth-order valence-corrected chi connectivity index (χ4v) is 2.75. The molecule has 0 spiro atoms. The Kier molecular flexibility index (Phi) is 5.42. The van der Waals surface area contributed by atoms with Crippen molar-refractivity contribution >= 4 is 5.95 Å². The van der Waals surface area contributed by atoms with Gasteiger partial charge in [0.05, 0.1) is 6.61 Å². The second kappa shape index (κ2) is 7.92. The van der Waals surface area contributed by atoms with Crippen LogP contribution < -0.4 is 9.64 Å². The van der Waals surface area contributed by atoms with E-state index in [9.17, 15) is 0 Å². The van der Waals surface area contributed by atoms with Crippen molar-refractivity contribution in [1.82, 2.24) is 9.97 Å². The quantitative estimate of drug-likeness (QED) is 0.820. The van der Waals surface area contributed by atoms with Gasteiger partial charge in [0, 0.05) is 32.5 Å². The summed E-state index contributed by atoms with van der Waals surface area (Å²) in [7, 11) is 2.02. The van der Waals surface area contributed by atoms with E-state index in [1.54, 1.807) is 12.3 Å². The Morgan fingerprint density at radius 1 is 1.26 bits per heavy atom. The highest BCUT2D eigenvalue weighted by Gasteiger charge is 2.17. The Balaban J connectivity index is 1.57. The van der Waals surface area contributed by atoms with E-state index < -0.39 is 0 Å². The standard InChI is InChI=1S/C18H23N3O2/c1-21(12-16-8-5-11-22-13-16)18-19-10-9-17(20-18)23-14-15-6-3-2-4-7-15/h2-4,6-7,9-10,16H,5,8,11-14H2,1H3. The maximum absolute atomic E-state index is 5.77. The summed E-state index contributed by atoms with van der Waals surface area (Å²) < 4.78 is 11.3. The van der Waals surface area contributed by atoms with E-state index in [4.69, 9.17) is 9.47 Å². The lowest BCUT2D eigenvalue weighted by Crippen LogP contribution is -2.31. The number of anilines is 1. The molecule has 0 radical (unpaired) electrons. The summed E-state index contributed by atoms with van der Waals surface area (Å²) in [6.07, 6.45) is 4.09. The third-order valence-electron chi connectivity index (χ3n) is 3.97. The molecule has 23 heavy (non-hydrogen) atoms. The van der Waals surface area contributed by atoms with Gasteiger partial charge in [0.1, 0.15) is 6.61 Å². The molecule has 1 aliphatic heterocycles. The molecule has 1 aromatic heterocycles. The van der Waals surface area contributed by atoms with Crippen LogP contribution >= 0.6 is 0 Å². The van der Waals surface area contributed by atoms with E-state index >= 15 is 0 Å². The first-order valence-electron chi connectivity index (χ1n) is 8.10. The molecule has 0 amide bonds. The Morgan fingerprint density at radius 2 is 2.13 bits per heavy atom. The predicted molar refractivity (Wildman–Crippen MR) is 89.6 cm³/mol. The maximum atomic E-state index is 5.77. The molecule has 3 rings (SSSR count). The smallest absolute Gasteiger partial charge is 0.228 e. The number of hydrogen-bond donors (Lipinski definition) is 0. The van der Waals surface area contributed by atoms with Crippen LogP contribution in [0.15, 0.2) is 42.6 Å². The fraction of sp³-hybridized carbons (Fsp3) is 0.444. The van der Waals surface area contributed by atoms with Crippen molar-refractivity contribution in [3.63, 3.8) is 0 Å². The van der Waals surface area contributed by atoms with E-state index in [2.05, 4.69) is 14.9 Å². The summed E-state index contributed by atoms with van der Waals surface area (Å²) in [5.41, 5.74) is 1.13. The lowest BCUT2D eigenvalue weighted by molar-refractivity contribution is 0.0575. The van der Waals surface area contributed by atoms with Gasteiger partial charge in [-0.15, -0.1) is 0 Å². The van der Waals surface area contributed by atoms with Gasteiger partial charge in [-0.25, -0.2) is 4.98 Å². The van der Waals surface area contributed by atoms with Crippen LogP contribution in [0.3, 0.4) is 0 Å². The molecule has 2 aromatic rings. The van der Waals surface area contributed by atoms with Crippen LogP contribution in [0.4, 0.5) is 5.95 Å². The largest absolute Gasteiger partial charge is 0.473 e. The average molecular weight is 313 g/mol. The van der Waals surface area contributed by atoms with Crippen LogP contribution in [0.2, 0.25) is 0 Å². The SMILES string of the molecule is CN(CC1CCCOC1)c1nccc(OCc2ccccc2)n1. The van der Waals surface area contributed by atoms with Gasteiger partial charge in [-0.05, 0) is 24.3 Å². The van der Waals surface area contributed by atoms with Gasteiger partial charge in [0.2, 0.25) is 11.8 Å². The van der Waals surface area contributed by atoms with Crippen molar-refractivity contribution in [3.05, 3.63) is 48.2 Å². The maximum Gasteiger partial charge on any atom is 0.228 e. The minimum atomic E-state index is 0.511. The van der Waals surface area contributed by atoms with Gasteiger partial charge in [0.15, 0.2) is 0 Å². The number of benzene rings is 1. The van der Waals surface area contributed by atoms with Gasteiger partial charge in [-0.3, -0.25) is 0 Å². The molecule has 0 aliphatic carbocycles. The first-order valence-corrected chi connectivity index (χ1v) is 8.10. The Labute approximate surface area is 137 Å². The molecule has 1 saturated heterocycles. The molecule has 0 N–H and O–H groups in total. The summed E-state index contributed by atoms with van der Waals surface area (Å²) in [4.78, 5) is 10.9. The van der Waals surface area contributed by atoms with Crippen molar-refractivity contribution in [2.24, 2.45) is 5.92 Å². The normalized spacial score (nSPS) is 17.7. The molecular weight excluding hydrogens is 290 g/mol. The first-order chi connectivity index (χ1) is 11.3. The molecule has 2 heterocycles. The van der Waals surface area contributed by atoms with Gasteiger partial charge >= 0.3 is 0 Å². The van der Waals surface area contributed by atoms with Crippen LogP contribution in [0, 0.1) is 5.92 Å². The lowest BCUT2D eigenvalue weighted by Gasteiger charge is -2.27. The van der Waals surface area contributed by atoms with Gasteiger partial charge < -0.3 is 14.4 Å². The molecule has 1 aliphatic rings. The highest BCUT2D eigenvalue weighted by Crippen LogP contribution is 2.18. The third-order valence-corrected chi connectivity index (χ3v) is 3.97. The second-order valence-corrected chi connectivity index (χ2v) is 5.93. The van der Waals surface area contributed by atoms with Crippen LogP contribution in [0.5, 0.6) is 5.88 Å². The molecule has 1 atom stereocenters. The molecule has 1 aromatic carbocycles. The number of aromatic nitrogens is 2. The molecule has 122 valence electrons. The van der Waals surface area contributed by atoms with Gasteiger partial charge in [-0.2, -0.15) is 4.98 Å². The van der Waals surface area contributed by atoms with E-state index in [1.807, 2.05) is 37.4 Å². The van der Waals surface area contributed by atoms with Crippen molar-refractivity contribution < 1.29 is 9.47 Å². The number of rotatable bonds is 6. The van der Waals surface area contributed by atoms with Gasteiger partial charge in [-0.1, -0.05) is 30.3 Å². The number of ether oxygens (including phenoxy) is 2. The Morgan fingerprint density at radius 3 is 2.91 bits per heavy atom. The summed E-state index contributed by atoms with van der Waals surface area (Å²) in [6, 6.07) is 11.9. The van der Waals surface area contributed by atoms with E-state index in [0.29, 0.717) is 24.4 Å².